The molecule has 0 bridgehead atoms. The van der Waals surface area contributed by atoms with Crippen LogP contribution in [0.25, 0.3) is 0 Å². The van der Waals surface area contributed by atoms with Gasteiger partial charge in [0.05, 0.1) is 11.2 Å². The third-order valence-corrected chi connectivity index (χ3v) is 3.72. The van der Waals surface area contributed by atoms with E-state index in [1.807, 2.05) is 41.5 Å². The predicted octanol–water partition coefficient (Wildman–Crippen LogP) is 5.56. The summed E-state index contributed by atoms with van der Waals surface area (Å²) in [5.41, 5.74) is -0.728. The zero-order valence-corrected chi connectivity index (χ0v) is 15.7. The van der Waals surface area contributed by atoms with Gasteiger partial charge in [-0.3, -0.25) is 0 Å². The Morgan fingerprint density at radius 1 is 0.864 bits per heavy atom. The van der Waals surface area contributed by atoms with E-state index in [1.54, 1.807) is 0 Å². The second-order valence-electron chi connectivity index (χ2n) is 8.55. The standard InChI is InChI=1S/C18H36O4/c1-8-9-10-15-11-13-18(14-12-15,21-19-16(2,3)4)22-20-17(5,6)7/h15H,8-14H2,1-7H3. The largest absolute Gasteiger partial charge is 0.234 e. The van der Waals surface area contributed by atoms with Crippen molar-refractivity contribution < 1.29 is 19.6 Å². The predicted molar refractivity (Wildman–Crippen MR) is 88.1 cm³/mol. The van der Waals surface area contributed by atoms with Crippen molar-refractivity contribution in [1.82, 2.24) is 0 Å². The molecule has 132 valence electrons. The lowest BCUT2D eigenvalue weighted by Crippen LogP contribution is -2.43. The van der Waals surface area contributed by atoms with Gasteiger partial charge in [-0.15, -0.1) is 0 Å². The molecular formula is C18H36O4. The first-order valence-electron chi connectivity index (χ1n) is 8.79. The van der Waals surface area contributed by atoms with Crippen molar-refractivity contribution in [2.75, 3.05) is 0 Å². The van der Waals surface area contributed by atoms with Crippen molar-refractivity contribution in [2.45, 2.75) is 110 Å². The van der Waals surface area contributed by atoms with Crippen LogP contribution < -0.4 is 0 Å². The highest BCUT2D eigenvalue weighted by atomic mass is 17.3. The Bertz CT molecular complexity index is 286. The van der Waals surface area contributed by atoms with Gasteiger partial charge in [0.15, 0.2) is 0 Å². The molecule has 0 spiro atoms. The summed E-state index contributed by atoms with van der Waals surface area (Å²) < 4.78 is 0. The van der Waals surface area contributed by atoms with E-state index in [0.717, 1.165) is 31.6 Å². The molecule has 0 radical (unpaired) electrons. The summed E-state index contributed by atoms with van der Waals surface area (Å²) in [7, 11) is 0. The van der Waals surface area contributed by atoms with Crippen LogP contribution >= 0.6 is 0 Å². The van der Waals surface area contributed by atoms with Crippen LogP contribution in [-0.2, 0) is 19.6 Å². The Hall–Kier alpha value is -0.160. The second kappa shape index (κ2) is 8.09. The van der Waals surface area contributed by atoms with Gasteiger partial charge >= 0.3 is 0 Å². The minimum Gasteiger partial charge on any atom is -0.228 e. The molecule has 0 aromatic rings. The molecule has 0 saturated heterocycles. The minimum atomic E-state index is -0.775. The van der Waals surface area contributed by atoms with Gasteiger partial charge in [0.2, 0.25) is 5.79 Å². The summed E-state index contributed by atoms with van der Waals surface area (Å²) in [5.74, 6) is -0.00643. The first kappa shape index (κ1) is 19.9. The smallest absolute Gasteiger partial charge is 0.228 e. The number of hydrogen-bond acceptors (Lipinski definition) is 4. The SMILES string of the molecule is CCCCC1CCC(OOC(C)(C)C)(OOC(C)(C)C)CC1. The maximum absolute atomic E-state index is 5.74. The van der Waals surface area contributed by atoms with Crippen LogP contribution in [0.1, 0.15) is 93.4 Å². The van der Waals surface area contributed by atoms with Crippen LogP contribution in [0.4, 0.5) is 0 Å². The average Bonchev–Trinajstić information content (AvgIpc) is 2.41. The Morgan fingerprint density at radius 3 is 1.68 bits per heavy atom. The van der Waals surface area contributed by atoms with Crippen molar-refractivity contribution in [1.29, 1.82) is 0 Å². The lowest BCUT2D eigenvalue weighted by Gasteiger charge is -2.39. The Kier molecular flexibility index (Phi) is 7.31. The van der Waals surface area contributed by atoms with Crippen LogP contribution in [0, 0.1) is 5.92 Å². The fourth-order valence-corrected chi connectivity index (χ4v) is 2.48. The van der Waals surface area contributed by atoms with Crippen molar-refractivity contribution in [2.24, 2.45) is 5.92 Å². The fraction of sp³-hybridized carbons (Fsp3) is 1.00. The van der Waals surface area contributed by atoms with Crippen molar-refractivity contribution >= 4 is 0 Å². The van der Waals surface area contributed by atoms with Crippen molar-refractivity contribution in [3.05, 3.63) is 0 Å². The topological polar surface area (TPSA) is 36.9 Å². The van der Waals surface area contributed by atoms with E-state index >= 15 is 0 Å². The van der Waals surface area contributed by atoms with Gasteiger partial charge in [-0.1, -0.05) is 26.2 Å². The lowest BCUT2D eigenvalue weighted by molar-refractivity contribution is -0.546. The number of hydrogen-bond donors (Lipinski definition) is 0. The first-order chi connectivity index (χ1) is 10.1. The third kappa shape index (κ3) is 7.91. The monoisotopic (exact) mass is 316 g/mol. The molecule has 0 unspecified atom stereocenters. The molecule has 4 heteroatoms. The summed E-state index contributed by atoms with van der Waals surface area (Å²) >= 11 is 0. The van der Waals surface area contributed by atoms with E-state index in [9.17, 15) is 0 Å². The Balaban J connectivity index is 2.60. The fourth-order valence-electron chi connectivity index (χ4n) is 2.48. The highest BCUT2D eigenvalue weighted by Gasteiger charge is 2.42. The zero-order valence-electron chi connectivity index (χ0n) is 15.7. The first-order valence-corrected chi connectivity index (χ1v) is 8.79. The minimum absolute atomic E-state index is 0.364. The maximum atomic E-state index is 5.74. The average molecular weight is 316 g/mol. The molecule has 0 aromatic carbocycles. The van der Waals surface area contributed by atoms with Crippen molar-refractivity contribution in [3.8, 4) is 0 Å². The van der Waals surface area contributed by atoms with Gasteiger partial charge < -0.3 is 0 Å². The van der Waals surface area contributed by atoms with Crippen LogP contribution in [0.5, 0.6) is 0 Å². The molecule has 1 aliphatic carbocycles. The Labute approximate surface area is 136 Å². The van der Waals surface area contributed by atoms with Gasteiger partial charge in [0.25, 0.3) is 0 Å². The highest BCUT2D eigenvalue weighted by Crippen LogP contribution is 2.39. The molecule has 0 aromatic heterocycles. The molecule has 1 rings (SSSR count). The summed E-state index contributed by atoms with van der Waals surface area (Å²) in [6, 6.07) is 0. The van der Waals surface area contributed by atoms with E-state index in [1.165, 1.54) is 19.3 Å². The molecular weight excluding hydrogens is 280 g/mol. The molecule has 0 amide bonds. The summed E-state index contributed by atoms with van der Waals surface area (Å²) in [6.45, 7) is 14.1. The van der Waals surface area contributed by atoms with E-state index in [4.69, 9.17) is 19.6 Å². The molecule has 22 heavy (non-hydrogen) atoms. The van der Waals surface area contributed by atoms with Crippen LogP contribution in [0.3, 0.4) is 0 Å². The lowest BCUT2D eigenvalue weighted by atomic mass is 9.82. The summed E-state index contributed by atoms with van der Waals surface area (Å²) in [5, 5.41) is 0. The van der Waals surface area contributed by atoms with Crippen LogP contribution in [-0.4, -0.2) is 17.0 Å². The van der Waals surface area contributed by atoms with E-state index in [-0.39, 0.29) is 11.2 Å². The van der Waals surface area contributed by atoms with E-state index in [2.05, 4.69) is 6.92 Å². The molecule has 1 saturated carbocycles. The van der Waals surface area contributed by atoms with E-state index in [0.29, 0.717) is 0 Å². The molecule has 0 atom stereocenters. The van der Waals surface area contributed by atoms with Gasteiger partial charge in [-0.05, 0) is 60.3 Å². The van der Waals surface area contributed by atoms with Crippen LogP contribution in [0.15, 0.2) is 0 Å². The van der Waals surface area contributed by atoms with Crippen LogP contribution in [0.2, 0.25) is 0 Å². The second-order valence-corrected chi connectivity index (χ2v) is 8.55. The molecule has 4 nitrogen and oxygen atoms in total. The normalized spacial score (nSPS) is 20.3. The summed E-state index contributed by atoms with van der Waals surface area (Å²) in [6.07, 6.45) is 7.68. The molecule has 0 N–H and O–H groups in total. The van der Waals surface area contributed by atoms with Gasteiger partial charge in [-0.2, -0.15) is 9.78 Å². The quantitative estimate of drug-likeness (QED) is 0.350. The summed E-state index contributed by atoms with van der Waals surface area (Å²) in [4.78, 5) is 22.6. The molecule has 1 fully saturated rings. The number of unbranched alkanes of at least 4 members (excludes halogenated alkanes) is 1. The van der Waals surface area contributed by atoms with Gasteiger partial charge in [0.1, 0.15) is 0 Å². The van der Waals surface area contributed by atoms with Crippen molar-refractivity contribution in [3.63, 3.8) is 0 Å². The maximum Gasteiger partial charge on any atom is 0.234 e. The zero-order chi connectivity index (χ0) is 16.9. The van der Waals surface area contributed by atoms with Gasteiger partial charge in [-0.25, -0.2) is 9.78 Å². The number of rotatable bonds is 7. The molecule has 0 aliphatic heterocycles. The highest BCUT2D eigenvalue weighted by molar-refractivity contribution is 4.79. The molecule has 1 aliphatic rings. The Morgan fingerprint density at radius 2 is 1.32 bits per heavy atom. The third-order valence-electron chi connectivity index (χ3n) is 3.72. The molecule has 0 heterocycles. The van der Waals surface area contributed by atoms with E-state index < -0.39 is 5.79 Å². The van der Waals surface area contributed by atoms with Gasteiger partial charge in [0, 0.05) is 12.8 Å².